The number of hydrogen-bond acceptors (Lipinski definition) is 1. The molecule has 3 aromatic rings. The number of nitrogens with one attached hydrogen (secondary N) is 1. The lowest BCUT2D eigenvalue weighted by Crippen LogP contribution is -3.00. The third-order valence-electron chi connectivity index (χ3n) is 2.87. The normalized spacial score (nSPS) is 10.2. The largest absolute Gasteiger partial charge is 1.00 e. The van der Waals surface area contributed by atoms with Crippen molar-refractivity contribution in [3.05, 3.63) is 53.8 Å². The Kier molecular flexibility index (Phi) is 4.12. The van der Waals surface area contributed by atoms with Gasteiger partial charge in [0.25, 0.3) is 5.65 Å². The summed E-state index contributed by atoms with van der Waals surface area (Å²) >= 11 is 5.96. The summed E-state index contributed by atoms with van der Waals surface area (Å²) in [5.74, 6) is 0.852. The van der Waals surface area contributed by atoms with Gasteiger partial charge in [-0.3, -0.25) is 0 Å². The zero-order chi connectivity index (χ0) is 12.5. The van der Waals surface area contributed by atoms with E-state index in [1.54, 1.807) is 7.11 Å². The van der Waals surface area contributed by atoms with Gasteiger partial charge in [0.1, 0.15) is 18.1 Å². The average molecular weight is 340 g/mol. The molecular weight excluding hydrogens is 328 g/mol. The lowest BCUT2D eigenvalue weighted by Gasteiger charge is -1.98. The van der Waals surface area contributed by atoms with Gasteiger partial charge in [0, 0.05) is 11.6 Å². The molecule has 19 heavy (non-hydrogen) atoms. The molecule has 0 saturated heterocycles. The molecule has 0 spiro atoms. The number of pyridine rings is 1. The maximum absolute atomic E-state index is 5.96. The molecule has 0 bridgehead atoms. The minimum absolute atomic E-state index is 0. The van der Waals surface area contributed by atoms with Crippen molar-refractivity contribution in [3.8, 4) is 17.0 Å². The molecule has 0 fully saturated rings. The second-order valence-electron chi connectivity index (χ2n) is 4.04. The Morgan fingerprint density at radius 3 is 2.47 bits per heavy atom. The number of rotatable bonds is 2. The molecular formula is C14H12BrClN2O. The van der Waals surface area contributed by atoms with Crippen LogP contribution in [0.25, 0.3) is 16.9 Å². The zero-order valence-corrected chi connectivity index (χ0v) is 12.6. The fourth-order valence-corrected chi connectivity index (χ4v) is 2.10. The van der Waals surface area contributed by atoms with Gasteiger partial charge < -0.3 is 21.7 Å². The Hall–Kier alpha value is -1.52. The van der Waals surface area contributed by atoms with E-state index in [1.807, 2.05) is 53.2 Å². The number of fused-ring (bicyclic) bond motifs is 1. The van der Waals surface area contributed by atoms with E-state index in [9.17, 15) is 0 Å². The van der Waals surface area contributed by atoms with Crippen LogP contribution >= 0.6 is 11.6 Å². The molecule has 2 heterocycles. The number of aromatic amines is 1. The predicted molar refractivity (Wildman–Crippen MR) is 71.0 cm³/mol. The monoisotopic (exact) mass is 338 g/mol. The first kappa shape index (κ1) is 13.9. The maximum Gasteiger partial charge on any atom is 0.284 e. The van der Waals surface area contributed by atoms with E-state index in [2.05, 4.69) is 4.98 Å². The molecule has 0 radical (unpaired) electrons. The molecule has 0 amide bonds. The summed E-state index contributed by atoms with van der Waals surface area (Å²) in [6.45, 7) is 0. The van der Waals surface area contributed by atoms with Crippen molar-refractivity contribution >= 4 is 17.2 Å². The molecule has 1 N–H and O–H groups in total. The average Bonchev–Trinajstić information content (AvgIpc) is 2.81. The van der Waals surface area contributed by atoms with Crippen LogP contribution in [-0.4, -0.2) is 12.1 Å². The molecule has 0 atom stereocenters. The minimum Gasteiger partial charge on any atom is -1.00 e. The van der Waals surface area contributed by atoms with Gasteiger partial charge in [0.15, 0.2) is 5.69 Å². The SMILES string of the molecule is COc1ccc(-c2c[n+]3cc(Cl)ccc3[nH]2)cc1.[Br-]. The highest BCUT2D eigenvalue weighted by molar-refractivity contribution is 6.30. The summed E-state index contributed by atoms with van der Waals surface area (Å²) < 4.78 is 7.12. The fourth-order valence-electron chi connectivity index (χ4n) is 1.93. The molecule has 3 rings (SSSR count). The van der Waals surface area contributed by atoms with Crippen molar-refractivity contribution in [1.29, 1.82) is 0 Å². The van der Waals surface area contributed by atoms with Crippen LogP contribution in [0.1, 0.15) is 0 Å². The van der Waals surface area contributed by atoms with Crippen LogP contribution in [-0.2, 0) is 0 Å². The topological polar surface area (TPSA) is 29.1 Å². The van der Waals surface area contributed by atoms with Crippen LogP contribution in [0.3, 0.4) is 0 Å². The highest BCUT2D eigenvalue weighted by Crippen LogP contribution is 2.20. The van der Waals surface area contributed by atoms with Crippen LogP contribution < -0.4 is 26.1 Å². The number of halogens is 2. The first-order valence-electron chi connectivity index (χ1n) is 5.60. The number of imidazole rings is 1. The van der Waals surface area contributed by atoms with Crippen LogP contribution in [0.5, 0.6) is 5.75 Å². The number of benzene rings is 1. The van der Waals surface area contributed by atoms with Crippen LogP contribution in [0, 0.1) is 0 Å². The Morgan fingerprint density at radius 1 is 1.05 bits per heavy atom. The summed E-state index contributed by atoms with van der Waals surface area (Å²) in [6.07, 6.45) is 3.89. The summed E-state index contributed by atoms with van der Waals surface area (Å²) in [4.78, 5) is 3.34. The van der Waals surface area contributed by atoms with E-state index in [-0.39, 0.29) is 17.0 Å². The molecule has 5 heteroatoms. The summed E-state index contributed by atoms with van der Waals surface area (Å²) in [5.41, 5.74) is 3.15. The first-order valence-corrected chi connectivity index (χ1v) is 5.98. The Labute approximate surface area is 126 Å². The number of aromatic nitrogens is 2. The lowest BCUT2D eigenvalue weighted by molar-refractivity contribution is -0.509. The summed E-state index contributed by atoms with van der Waals surface area (Å²) in [6, 6.07) is 11.7. The van der Waals surface area contributed by atoms with Crippen LogP contribution in [0.15, 0.2) is 48.8 Å². The van der Waals surface area contributed by atoms with E-state index < -0.39 is 0 Å². The molecule has 0 unspecified atom stereocenters. The van der Waals surface area contributed by atoms with E-state index in [1.165, 1.54) is 0 Å². The molecule has 1 aromatic carbocycles. The van der Waals surface area contributed by atoms with Crippen molar-refractivity contribution in [2.24, 2.45) is 0 Å². The number of nitrogens with zero attached hydrogens (tertiary/aromatic N) is 1. The molecule has 0 aliphatic rings. The fraction of sp³-hybridized carbons (Fsp3) is 0.0714. The maximum atomic E-state index is 5.96. The standard InChI is InChI=1S/C14H11ClN2O.BrH/c1-18-12-5-2-10(3-6-12)13-9-17-8-11(15)4-7-14(17)16-13;/h2-9H,1H3;1H. The molecule has 3 nitrogen and oxygen atoms in total. The zero-order valence-electron chi connectivity index (χ0n) is 10.2. The third-order valence-corrected chi connectivity index (χ3v) is 3.10. The van der Waals surface area contributed by atoms with Crippen molar-refractivity contribution in [1.82, 2.24) is 4.98 Å². The van der Waals surface area contributed by atoms with Crippen LogP contribution in [0.2, 0.25) is 5.02 Å². The van der Waals surface area contributed by atoms with Gasteiger partial charge in [-0.2, -0.15) is 0 Å². The van der Waals surface area contributed by atoms with Gasteiger partial charge >= 0.3 is 0 Å². The summed E-state index contributed by atoms with van der Waals surface area (Å²) in [7, 11) is 1.66. The van der Waals surface area contributed by atoms with E-state index in [0.29, 0.717) is 5.02 Å². The van der Waals surface area contributed by atoms with Gasteiger partial charge in [-0.15, -0.1) is 0 Å². The van der Waals surface area contributed by atoms with E-state index in [4.69, 9.17) is 16.3 Å². The number of ether oxygens (including phenoxy) is 1. The Balaban J connectivity index is 0.00000133. The Bertz CT molecular complexity index is 694. The van der Waals surface area contributed by atoms with Crippen molar-refractivity contribution in [3.63, 3.8) is 0 Å². The second kappa shape index (κ2) is 5.63. The van der Waals surface area contributed by atoms with Crippen LogP contribution in [0.4, 0.5) is 0 Å². The van der Waals surface area contributed by atoms with E-state index in [0.717, 1.165) is 22.7 Å². The molecule has 0 aliphatic carbocycles. The molecule has 0 saturated carbocycles. The lowest BCUT2D eigenvalue weighted by atomic mass is 10.2. The second-order valence-corrected chi connectivity index (χ2v) is 4.47. The molecule has 98 valence electrons. The molecule has 2 aromatic heterocycles. The van der Waals surface area contributed by atoms with Crippen molar-refractivity contribution in [2.75, 3.05) is 7.11 Å². The van der Waals surface area contributed by atoms with Gasteiger partial charge in [-0.05, 0) is 30.3 Å². The number of hydrogen-bond donors (Lipinski definition) is 1. The third kappa shape index (κ3) is 2.74. The van der Waals surface area contributed by atoms with Crippen molar-refractivity contribution in [2.45, 2.75) is 0 Å². The summed E-state index contributed by atoms with van der Waals surface area (Å²) in [5, 5.41) is 0.716. The van der Waals surface area contributed by atoms with Crippen molar-refractivity contribution < 1.29 is 26.1 Å². The minimum atomic E-state index is 0. The van der Waals surface area contributed by atoms with Gasteiger partial charge in [-0.25, -0.2) is 9.38 Å². The highest BCUT2D eigenvalue weighted by atomic mass is 79.9. The highest BCUT2D eigenvalue weighted by Gasteiger charge is 2.10. The van der Waals surface area contributed by atoms with Gasteiger partial charge in [0.05, 0.1) is 12.1 Å². The molecule has 0 aliphatic heterocycles. The smallest absolute Gasteiger partial charge is 0.284 e. The Morgan fingerprint density at radius 2 is 1.79 bits per heavy atom. The number of methoxy groups -OCH3 is 1. The van der Waals surface area contributed by atoms with E-state index >= 15 is 0 Å². The first-order chi connectivity index (χ1) is 8.76. The quantitative estimate of drug-likeness (QED) is 0.659. The predicted octanol–water partition coefficient (Wildman–Crippen LogP) is 0.0864. The number of H-pyrrole nitrogens is 1. The van der Waals surface area contributed by atoms with Gasteiger partial charge in [-0.1, -0.05) is 11.6 Å². The van der Waals surface area contributed by atoms with Gasteiger partial charge in [0.2, 0.25) is 0 Å².